The lowest BCUT2D eigenvalue weighted by molar-refractivity contribution is -0.530. The lowest BCUT2D eigenvalue weighted by atomic mass is 9.88. The number of nitrogens with zero attached hydrogens (tertiary/aromatic N) is 1. The van der Waals surface area contributed by atoms with Crippen LogP contribution in [0.2, 0.25) is 0 Å². The molecule has 0 aromatic heterocycles. The van der Waals surface area contributed by atoms with Gasteiger partial charge in [0.1, 0.15) is 0 Å². The van der Waals surface area contributed by atoms with E-state index in [-0.39, 0.29) is 4.92 Å². The first-order valence-electron chi connectivity index (χ1n) is 4.34. The summed E-state index contributed by atoms with van der Waals surface area (Å²) in [4.78, 5) is 10.5. The highest BCUT2D eigenvalue weighted by atomic mass is 16.6. The molecule has 1 aliphatic rings. The van der Waals surface area contributed by atoms with E-state index in [1.54, 1.807) is 0 Å². The first-order valence-corrected chi connectivity index (χ1v) is 4.34. The molecule has 67 valence electrons. The van der Waals surface area contributed by atoms with Crippen molar-refractivity contribution in [2.75, 3.05) is 0 Å². The number of hydrogen-bond acceptors (Lipinski definition) is 2. The summed E-state index contributed by atoms with van der Waals surface area (Å²) < 4.78 is 0. The van der Waals surface area contributed by atoms with Gasteiger partial charge < -0.3 is 0 Å². The fraction of sp³-hybridized carbons (Fsp3) is 0.300. The molecule has 13 heavy (non-hydrogen) atoms. The maximum Gasteiger partial charge on any atom is 0.238 e. The Morgan fingerprint density at radius 1 is 1.38 bits per heavy atom. The van der Waals surface area contributed by atoms with Gasteiger partial charge in [0, 0.05) is 16.9 Å². The van der Waals surface area contributed by atoms with Crippen LogP contribution in [0, 0.1) is 16.5 Å². The molecule has 0 bridgehead atoms. The van der Waals surface area contributed by atoms with E-state index in [4.69, 9.17) is 0 Å². The van der Waals surface area contributed by atoms with Gasteiger partial charge in [0.05, 0.1) is 0 Å². The Bertz CT molecular complexity index is 335. The molecule has 0 saturated carbocycles. The molecule has 0 amide bonds. The van der Waals surface area contributed by atoms with Crippen LogP contribution < -0.4 is 0 Å². The van der Waals surface area contributed by atoms with Gasteiger partial charge in [-0.15, -0.1) is 0 Å². The van der Waals surface area contributed by atoms with Gasteiger partial charge in [-0.05, 0) is 18.4 Å². The fourth-order valence-corrected chi connectivity index (χ4v) is 1.77. The Kier molecular flexibility index (Phi) is 2.00. The van der Waals surface area contributed by atoms with Crippen LogP contribution in [0.4, 0.5) is 0 Å². The summed E-state index contributed by atoms with van der Waals surface area (Å²) in [5.74, 6) is 0. The number of rotatable bonds is 1. The lowest BCUT2D eigenvalue weighted by Crippen LogP contribution is -2.16. The minimum Gasteiger partial charge on any atom is -0.264 e. The number of nitro groups is 1. The van der Waals surface area contributed by atoms with Gasteiger partial charge >= 0.3 is 0 Å². The maximum absolute atomic E-state index is 10.7. The SMILES string of the molecule is O=[N+]([O-])C1CC[CH]c2ccccc21. The molecule has 0 N–H and O–H groups in total. The van der Waals surface area contributed by atoms with Crippen LogP contribution in [0.15, 0.2) is 24.3 Å². The Balaban J connectivity index is 2.42. The van der Waals surface area contributed by atoms with Crippen molar-refractivity contribution in [2.45, 2.75) is 18.9 Å². The van der Waals surface area contributed by atoms with Gasteiger partial charge in [0.2, 0.25) is 6.04 Å². The summed E-state index contributed by atoms with van der Waals surface area (Å²) in [5.41, 5.74) is 1.88. The van der Waals surface area contributed by atoms with Crippen LogP contribution in [0.3, 0.4) is 0 Å². The quantitative estimate of drug-likeness (QED) is 0.487. The third kappa shape index (κ3) is 1.41. The normalized spacial score (nSPS) is 20.8. The molecule has 0 spiro atoms. The molecule has 1 aromatic carbocycles. The smallest absolute Gasteiger partial charge is 0.238 e. The van der Waals surface area contributed by atoms with E-state index in [9.17, 15) is 10.1 Å². The maximum atomic E-state index is 10.7. The second kappa shape index (κ2) is 3.17. The van der Waals surface area contributed by atoms with Crippen molar-refractivity contribution in [1.29, 1.82) is 0 Å². The minimum atomic E-state index is -0.499. The molecule has 0 heterocycles. The van der Waals surface area contributed by atoms with Crippen LogP contribution in [-0.2, 0) is 0 Å². The number of fused-ring (bicyclic) bond motifs is 1. The highest BCUT2D eigenvalue weighted by Gasteiger charge is 2.28. The molecule has 2 rings (SSSR count). The topological polar surface area (TPSA) is 43.1 Å². The lowest BCUT2D eigenvalue weighted by Gasteiger charge is -2.18. The van der Waals surface area contributed by atoms with Crippen molar-refractivity contribution < 1.29 is 4.92 Å². The zero-order valence-corrected chi connectivity index (χ0v) is 7.14. The highest BCUT2D eigenvalue weighted by molar-refractivity contribution is 5.36. The Morgan fingerprint density at radius 3 is 2.92 bits per heavy atom. The van der Waals surface area contributed by atoms with E-state index < -0.39 is 6.04 Å². The molecule has 1 radical (unpaired) electrons. The molecule has 1 aromatic rings. The monoisotopic (exact) mass is 176 g/mol. The summed E-state index contributed by atoms with van der Waals surface area (Å²) in [5, 5.41) is 10.7. The van der Waals surface area contributed by atoms with Gasteiger partial charge in [-0.1, -0.05) is 24.3 Å². The summed E-state index contributed by atoms with van der Waals surface area (Å²) in [6.45, 7) is 0. The predicted molar refractivity (Wildman–Crippen MR) is 48.8 cm³/mol. The molecule has 0 fully saturated rings. The molecular weight excluding hydrogens is 166 g/mol. The van der Waals surface area contributed by atoms with Crippen molar-refractivity contribution in [3.8, 4) is 0 Å². The van der Waals surface area contributed by atoms with Crippen LogP contribution in [0.1, 0.15) is 30.0 Å². The van der Waals surface area contributed by atoms with E-state index in [2.05, 4.69) is 6.42 Å². The third-order valence-electron chi connectivity index (χ3n) is 2.41. The number of benzene rings is 1. The summed E-state index contributed by atoms with van der Waals surface area (Å²) in [6, 6.07) is 7.05. The molecule has 3 nitrogen and oxygen atoms in total. The molecular formula is C10H10NO2. The second-order valence-corrected chi connectivity index (χ2v) is 3.21. The highest BCUT2D eigenvalue weighted by Crippen LogP contribution is 2.32. The molecule has 0 saturated heterocycles. The third-order valence-corrected chi connectivity index (χ3v) is 2.41. The van der Waals surface area contributed by atoms with E-state index in [0.29, 0.717) is 6.42 Å². The van der Waals surface area contributed by atoms with Gasteiger partial charge in [0.25, 0.3) is 0 Å². The van der Waals surface area contributed by atoms with Crippen LogP contribution in [0.5, 0.6) is 0 Å². The zero-order chi connectivity index (χ0) is 9.26. The largest absolute Gasteiger partial charge is 0.264 e. The van der Waals surface area contributed by atoms with Gasteiger partial charge in [-0.3, -0.25) is 10.1 Å². The minimum absolute atomic E-state index is 0.189. The summed E-state index contributed by atoms with van der Waals surface area (Å²) >= 11 is 0. The first-order chi connectivity index (χ1) is 6.29. The van der Waals surface area contributed by atoms with Crippen molar-refractivity contribution in [1.82, 2.24) is 0 Å². The Hall–Kier alpha value is -1.38. The van der Waals surface area contributed by atoms with Crippen molar-refractivity contribution in [2.24, 2.45) is 0 Å². The average Bonchev–Trinajstić information content (AvgIpc) is 2.17. The van der Waals surface area contributed by atoms with E-state index in [1.807, 2.05) is 24.3 Å². The second-order valence-electron chi connectivity index (χ2n) is 3.21. The zero-order valence-electron chi connectivity index (χ0n) is 7.14. The Morgan fingerprint density at radius 2 is 2.15 bits per heavy atom. The fourth-order valence-electron chi connectivity index (χ4n) is 1.77. The van der Waals surface area contributed by atoms with Crippen LogP contribution in [-0.4, -0.2) is 4.92 Å². The van der Waals surface area contributed by atoms with E-state index in [1.165, 1.54) is 0 Å². The predicted octanol–water partition coefficient (Wildman–Crippen LogP) is 2.35. The van der Waals surface area contributed by atoms with Gasteiger partial charge in [-0.2, -0.15) is 0 Å². The molecule has 0 aliphatic heterocycles. The van der Waals surface area contributed by atoms with E-state index in [0.717, 1.165) is 17.5 Å². The summed E-state index contributed by atoms with van der Waals surface area (Å²) in [6.07, 6.45) is 3.50. The van der Waals surface area contributed by atoms with Crippen LogP contribution >= 0.6 is 0 Å². The van der Waals surface area contributed by atoms with Gasteiger partial charge in [0.15, 0.2) is 0 Å². The van der Waals surface area contributed by atoms with E-state index >= 15 is 0 Å². The average molecular weight is 176 g/mol. The summed E-state index contributed by atoms with van der Waals surface area (Å²) in [7, 11) is 0. The first kappa shape index (κ1) is 8.23. The number of hydrogen-bond donors (Lipinski definition) is 0. The van der Waals surface area contributed by atoms with Crippen molar-refractivity contribution in [3.05, 3.63) is 51.9 Å². The van der Waals surface area contributed by atoms with Crippen molar-refractivity contribution in [3.63, 3.8) is 0 Å². The molecule has 1 unspecified atom stereocenters. The van der Waals surface area contributed by atoms with Crippen LogP contribution in [0.25, 0.3) is 0 Å². The van der Waals surface area contributed by atoms with Gasteiger partial charge in [-0.25, -0.2) is 0 Å². The molecule has 3 heteroatoms. The van der Waals surface area contributed by atoms with Crippen molar-refractivity contribution >= 4 is 0 Å². The standard InChI is InChI=1S/C10H10NO2/c12-11(13)10-7-3-5-8-4-1-2-6-9(8)10/h1-2,4-6,10H,3,7H2. The molecule has 1 atom stereocenters. The Labute approximate surface area is 76.5 Å². The molecule has 1 aliphatic carbocycles.